The normalized spacial score (nSPS) is 11.2. The molecule has 0 aliphatic heterocycles. The van der Waals surface area contributed by atoms with Crippen molar-refractivity contribution in [2.45, 2.75) is 11.4 Å². The maximum absolute atomic E-state index is 12.9. The monoisotopic (exact) mass is 467 g/mol. The minimum absolute atomic E-state index is 0.107. The summed E-state index contributed by atoms with van der Waals surface area (Å²) in [6.07, 6.45) is 0. The molecule has 9 heteroatoms. The summed E-state index contributed by atoms with van der Waals surface area (Å²) in [6.45, 7) is 0.339. The van der Waals surface area contributed by atoms with Crippen LogP contribution < -0.4 is 15.4 Å². The first-order valence-corrected chi connectivity index (χ1v) is 11.5. The Kier molecular flexibility index (Phi) is 7.47. The van der Waals surface area contributed by atoms with Gasteiger partial charge in [0, 0.05) is 26.2 Å². The molecule has 0 atom stereocenters. The zero-order valence-electron chi connectivity index (χ0n) is 18.5. The number of carbonyl (C=O) groups excluding carboxylic acids is 2. The van der Waals surface area contributed by atoms with Crippen molar-refractivity contribution in [2.75, 3.05) is 26.5 Å². The molecule has 2 N–H and O–H groups in total. The quantitative estimate of drug-likeness (QED) is 0.530. The molecule has 33 heavy (non-hydrogen) atoms. The third-order valence-electron chi connectivity index (χ3n) is 4.90. The van der Waals surface area contributed by atoms with E-state index in [1.165, 1.54) is 39.4 Å². The van der Waals surface area contributed by atoms with Gasteiger partial charge in [-0.15, -0.1) is 0 Å². The molecule has 0 radical (unpaired) electrons. The van der Waals surface area contributed by atoms with Crippen molar-refractivity contribution in [1.82, 2.24) is 9.62 Å². The Hall–Kier alpha value is -3.69. The van der Waals surface area contributed by atoms with Gasteiger partial charge in [0.05, 0.1) is 18.4 Å². The Morgan fingerprint density at radius 3 is 2.24 bits per heavy atom. The lowest BCUT2D eigenvalue weighted by Crippen LogP contribution is -2.25. The number of hydrogen-bond acceptors (Lipinski definition) is 5. The summed E-state index contributed by atoms with van der Waals surface area (Å²) in [4.78, 5) is 25.5. The summed E-state index contributed by atoms with van der Waals surface area (Å²) in [6, 6.07) is 20.2. The Labute approximate surface area is 193 Å². The highest BCUT2D eigenvalue weighted by Gasteiger charge is 2.24. The van der Waals surface area contributed by atoms with Crippen molar-refractivity contribution in [1.29, 1.82) is 0 Å². The summed E-state index contributed by atoms with van der Waals surface area (Å²) in [5, 5.41) is 5.54. The molecule has 0 saturated carbocycles. The van der Waals surface area contributed by atoms with E-state index in [4.69, 9.17) is 4.74 Å². The zero-order valence-corrected chi connectivity index (χ0v) is 19.3. The van der Waals surface area contributed by atoms with Crippen LogP contribution in [0.5, 0.6) is 5.75 Å². The number of ether oxygens (including phenoxy) is 1. The van der Waals surface area contributed by atoms with Crippen molar-refractivity contribution in [3.05, 3.63) is 89.5 Å². The number of methoxy groups -OCH3 is 1. The molecule has 0 aromatic heterocycles. The fourth-order valence-corrected chi connectivity index (χ4v) is 4.15. The van der Waals surface area contributed by atoms with E-state index < -0.39 is 15.9 Å². The molecule has 3 aromatic rings. The second kappa shape index (κ2) is 10.3. The molecule has 0 unspecified atom stereocenters. The van der Waals surface area contributed by atoms with E-state index in [2.05, 4.69) is 10.6 Å². The first-order chi connectivity index (χ1) is 15.7. The molecule has 0 aliphatic rings. The lowest BCUT2D eigenvalue weighted by molar-refractivity contribution is 0.0951. The third-order valence-corrected chi connectivity index (χ3v) is 6.74. The standard InChI is InChI=1S/C24H25N3O5S/c1-27(2)33(30,31)22-15-18(13-14-21(22)32-3)23(28)26-20-12-8-7-11-19(20)24(29)25-16-17-9-5-4-6-10-17/h4-15H,16H2,1-3H3,(H,25,29)(H,26,28). The lowest BCUT2D eigenvalue weighted by atomic mass is 10.1. The predicted molar refractivity (Wildman–Crippen MR) is 126 cm³/mol. The second-order valence-electron chi connectivity index (χ2n) is 7.32. The first-order valence-electron chi connectivity index (χ1n) is 10.1. The number of para-hydroxylation sites is 1. The van der Waals surface area contributed by atoms with Crippen molar-refractivity contribution in [2.24, 2.45) is 0 Å². The van der Waals surface area contributed by atoms with E-state index in [9.17, 15) is 18.0 Å². The molecule has 172 valence electrons. The van der Waals surface area contributed by atoms with Crippen LogP contribution in [-0.4, -0.2) is 45.7 Å². The van der Waals surface area contributed by atoms with E-state index in [1.54, 1.807) is 24.3 Å². The van der Waals surface area contributed by atoms with Crippen LogP contribution in [0.3, 0.4) is 0 Å². The molecule has 0 heterocycles. The number of benzene rings is 3. The average Bonchev–Trinajstić information content (AvgIpc) is 2.83. The SMILES string of the molecule is COc1ccc(C(=O)Nc2ccccc2C(=O)NCc2ccccc2)cc1S(=O)(=O)N(C)C. The number of carbonyl (C=O) groups is 2. The summed E-state index contributed by atoms with van der Waals surface area (Å²) < 4.78 is 31.5. The second-order valence-corrected chi connectivity index (χ2v) is 9.44. The lowest BCUT2D eigenvalue weighted by Gasteiger charge is -2.16. The van der Waals surface area contributed by atoms with Gasteiger partial charge in [-0.05, 0) is 35.9 Å². The number of nitrogens with one attached hydrogen (secondary N) is 2. The van der Waals surface area contributed by atoms with Crippen molar-refractivity contribution >= 4 is 27.5 Å². The van der Waals surface area contributed by atoms with Crippen LogP contribution in [0.25, 0.3) is 0 Å². The van der Waals surface area contributed by atoms with Gasteiger partial charge in [0.1, 0.15) is 10.6 Å². The van der Waals surface area contributed by atoms with Gasteiger partial charge in [0.25, 0.3) is 11.8 Å². The molecule has 0 saturated heterocycles. The van der Waals surface area contributed by atoms with Crippen LogP contribution in [0.2, 0.25) is 0 Å². The molecule has 0 spiro atoms. The highest BCUT2D eigenvalue weighted by molar-refractivity contribution is 7.89. The Morgan fingerprint density at radius 2 is 1.58 bits per heavy atom. The summed E-state index contributed by atoms with van der Waals surface area (Å²) >= 11 is 0. The Bertz CT molecular complexity index is 1260. The van der Waals surface area contributed by atoms with Crippen molar-refractivity contribution in [3.63, 3.8) is 0 Å². The molecule has 0 aliphatic carbocycles. The molecule has 0 bridgehead atoms. The molecule has 8 nitrogen and oxygen atoms in total. The fraction of sp³-hybridized carbons (Fsp3) is 0.167. The molecular formula is C24H25N3O5S. The largest absolute Gasteiger partial charge is 0.495 e. The molecule has 3 rings (SSSR count). The van der Waals surface area contributed by atoms with Crippen LogP contribution in [0.1, 0.15) is 26.3 Å². The van der Waals surface area contributed by atoms with Gasteiger partial charge >= 0.3 is 0 Å². The fourth-order valence-electron chi connectivity index (χ4n) is 3.07. The number of sulfonamides is 1. The molecule has 0 fully saturated rings. The van der Waals surface area contributed by atoms with E-state index in [1.807, 2.05) is 30.3 Å². The van der Waals surface area contributed by atoms with Crippen molar-refractivity contribution in [3.8, 4) is 5.75 Å². The maximum atomic E-state index is 12.9. The Balaban J connectivity index is 1.83. The topological polar surface area (TPSA) is 105 Å². The van der Waals surface area contributed by atoms with E-state index in [0.717, 1.165) is 9.87 Å². The highest BCUT2D eigenvalue weighted by atomic mass is 32.2. The van der Waals surface area contributed by atoms with Crippen LogP contribution in [0, 0.1) is 0 Å². The Morgan fingerprint density at radius 1 is 0.909 bits per heavy atom. The molecular weight excluding hydrogens is 442 g/mol. The van der Waals surface area contributed by atoms with Gasteiger partial charge in [-0.25, -0.2) is 12.7 Å². The van der Waals surface area contributed by atoms with Gasteiger partial charge in [-0.3, -0.25) is 9.59 Å². The average molecular weight is 468 g/mol. The van der Waals surface area contributed by atoms with Gasteiger partial charge in [0.2, 0.25) is 10.0 Å². The number of hydrogen-bond donors (Lipinski definition) is 2. The van der Waals surface area contributed by atoms with E-state index in [-0.39, 0.29) is 27.7 Å². The highest BCUT2D eigenvalue weighted by Crippen LogP contribution is 2.27. The third kappa shape index (κ3) is 5.57. The predicted octanol–water partition coefficient (Wildman–Crippen LogP) is 3.13. The minimum Gasteiger partial charge on any atom is -0.495 e. The van der Waals surface area contributed by atoms with Crippen LogP contribution >= 0.6 is 0 Å². The van der Waals surface area contributed by atoms with E-state index >= 15 is 0 Å². The van der Waals surface area contributed by atoms with Crippen molar-refractivity contribution < 1.29 is 22.7 Å². The number of rotatable bonds is 8. The van der Waals surface area contributed by atoms with Gasteiger partial charge in [-0.2, -0.15) is 0 Å². The maximum Gasteiger partial charge on any atom is 0.255 e. The summed E-state index contributed by atoms with van der Waals surface area (Å²) in [5.74, 6) is -0.780. The minimum atomic E-state index is -3.84. The molecule has 2 amide bonds. The van der Waals surface area contributed by atoms with E-state index in [0.29, 0.717) is 12.2 Å². The molecule has 3 aromatic carbocycles. The van der Waals surface area contributed by atoms with Gasteiger partial charge in [-0.1, -0.05) is 42.5 Å². The van der Waals surface area contributed by atoms with Crippen LogP contribution in [0.4, 0.5) is 5.69 Å². The van der Waals surface area contributed by atoms with Crippen LogP contribution in [0.15, 0.2) is 77.7 Å². The number of anilines is 1. The number of amides is 2. The summed E-state index contributed by atoms with van der Waals surface area (Å²) in [5.41, 5.74) is 1.65. The van der Waals surface area contributed by atoms with Crippen LogP contribution in [-0.2, 0) is 16.6 Å². The number of nitrogens with zero attached hydrogens (tertiary/aromatic N) is 1. The summed E-state index contributed by atoms with van der Waals surface area (Å²) in [7, 11) is 0.305. The first kappa shape index (κ1) is 24.0. The van der Waals surface area contributed by atoms with Gasteiger partial charge < -0.3 is 15.4 Å². The zero-order chi connectivity index (χ0) is 24.0. The smallest absolute Gasteiger partial charge is 0.255 e. The van der Waals surface area contributed by atoms with Gasteiger partial charge in [0.15, 0.2) is 0 Å².